The van der Waals surface area contributed by atoms with Crippen molar-refractivity contribution in [3.8, 4) is 0 Å². The molecule has 45 heavy (non-hydrogen) atoms. The smallest absolute Gasteiger partial charge is 0.315 e. The van der Waals surface area contributed by atoms with Gasteiger partial charge in [-0.3, -0.25) is 19.2 Å². The molecule has 0 aromatic rings. The Morgan fingerprint density at radius 1 is 0.956 bits per heavy atom. The van der Waals surface area contributed by atoms with E-state index < -0.39 is 41.1 Å². The number of Topliss-reactive ketones (excluding diaryl/α,β-unsaturated/α-hetero) is 1. The number of hydrogen-bond acceptors (Lipinski definition) is 6. The number of piperidine rings is 1. The van der Waals surface area contributed by atoms with Crippen molar-refractivity contribution in [2.75, 3.05) is 12.3 Å². The van der Waals surface area contributed by atoms with Crippen molar-refractivity contribution in [2.45, 2.75) is 149 Å². The highest BCUT2D eigenvalue weighted by atomic mass is 32.2. The van der Waals surface area contributed by atoms with E-state index in [1.54, 1.807) is 4.90 Å². The molecule has 2 unspecified atom stereocenters. The van der Waals surface area contributed by atoms with Gasteiger partial charge in [0.05, 0.1) is 11.6 Å². The first-order chi connectivity index (χ1) is 20.6. The number of carbonyl (C=O) groups is 5. The molecule has 3 fully saturated rings. The average Bonchev–Trinajstić information content (AvgIpc) is 3.74. The van der Waals surface area contributed by atoms with E-state index in [2.05, 4.69) is 57.5 Å². The third kappa shape index (κ3) is 10.3. The van der Waals surface area contributed by atoms with Crippen molar-refractivity contribution in [2.24, 2.45) is 28.4 Å². The normalized spacial score (nSPS) is 24.6. The Bertz CT molecular complexity index is 1120. The zero-order valence-electron chi connectivity index (χ0n) is 29.1. The minimum Gasteiger partial charge on any atom is -0.363 e. The van der Waals surface area contributed by atoms with Crippen molar-refractivity contribution in [1.29, 1.82) is 0 Å². The largest absolute Gasteiger partial charge is 0.363 e. The molecule has 3 aliphatic rings. The molecule has 2 aliphatic carbocycles. The van der Waals surface area contributed by atoms with Gasteiger partial charge in [-0.15, -0.1) is 0 Å². The van der Waals surface area contributed by atoms with Crippen LogP contribution in [0.3, 0.4) is 0 Å². The molecule has 1 heterocycles. The topological polar surface area (TPSA) is 151 Å². The third-order valence-corrected chi connectivity index (χ3v) is 11.5. The molecule has 0 spiro atoms. The van der Waals surface area contributed by atoms with Gasteiger partial charge in [0.15, 0.2) is 0 Å². The summed E-state index contributed by atoms with van der Waals surface area (Å²) >= 11 is 1.84. The number of ketones is 1. The van der Waals surface area contributed by atoms with Crippen molar-refractivity contribution >= 4 is 41.3 Å². The summed E-state index contributed by atoms with van der Waals surface area (Å²) in [5.41, 5.74) is 4.06. The number of nitrogens with one attached hydrogen (secondary N) is 3. The lowest BCUT2D eigenvalue weighted by molar-refractivity contribution is -0.151. The molecule has 256 valence electrons. The lowest BCUT2D eigenvalue weighted by Crippen LogP contribution is -2.66. The number of amides is 5. The second kappa shape index (κ2) is 14.2. The highest BCUT2D eigenvalue weighted by Gasteiger charge is 2.48. The monoisotopic (exact) mass is 649 g/mol. The molecule has 1 aliphatic heterocycles. The van der Waals surface area contributed by atoms with Crippen molar-refractivity contribution < 1.29 is 24.0 Å². The van der Waals surface area contributed by atoms with Gasteiger partial charge in [0, 0.05) is 17.0 Å². The molecule has 0 aromatic heterocycles. The molecule has 3 rings (SSSR count). The number of nitrogens with zero attached hydrogens (tertiary/aromatic N) is 1. The summed E-state index contributed by atoms with van der Waals surface area (Å²) in [6.45, 7) is 18.8. The molecule has 5 N–H and O–H groups in total. The summed E-state index contributed by atoms with van der Waals surface area (Å²) in [6, 6.07) is -3.15. The van der Waals surface area contributed by atoms with Crippen LogP contribution in [0.4, 0.5) is 4.79 Å². The van der Waals surface area contributed by atoms with Crippen molar-refractivity contribution in [1.82, 2.24) is 20.9 Å². The number of primary amides is 1. The van der Waals surface area contributed by atoms with E-state index in [9.17, 15) is 24.0 Å². The molecule has 5 amide bonds. The van der Waals surface area contributed by atoms with Gasteiger partial charge in [-0.1, -0.05) is 94.4 Å². The number of nitrogens with two attached hydrogens (primary N) is 1. The predicted octanol–water partition coefficient (Wildman–Crippen LogP) is 4.54. The van der Waals surface area contributed by atoms with Gasteiger partial charge in [0.2, 0.25) is 17.6 Å². The van der Waals surface area contributed by atoms with E-state index in [-0.39, 0.29) is 39.5 Å². The molecule has 11 heteroatoms. The molecule has 10 nitrogen and oxygen atoms in total. The van der Waals surface area contributed by atoms with E-state index in [1.165, 1.54) is 0 Å². The number of rotatable bonds is 11. The first kappa shape index (κ1) is 37.2. The maximum atomic E-state index is 14.5. The molecule has 4 atom stereocenters. The van der Waals surface area contributed by atoms with E-state index >= 15 is 0 Å². The molecule has 0 aromatic carbocycles. The van der Waals surface area contributed by atoms with E-state index in [0.29, 0.717) is 19.4 Å². The van der Waals surface area contributed by atoms with Crippen LogP contribution in [0.15, 0.2) is 0 Å². The number of thioether (sulfide) groups is 1. The summed E-state index contributed by atoms with van der Waals surface area (Å²) in [5.74, 6) is -1.56. The minimum absolute atomic E-state index is 0.0561. The number of carbonyl (C=O) groups excluding carboxylic acids is 5. The second-order valence-corrected chi connectivity index (χ2v) is 18.5. The molecular formula is C34H59N5O5S. The van der Waals surface area contributed by atoms with Crippen LogP contribution in [0.2, 0.25) is 0 Å². The van der Waals surface area contributed by atoms with E-state index in [4.69, 9.17) is 5.73 Å². The minimum atomic E-state index is -1.08. The van der Waals surface area contributed by atoms with Crippen LogP contribution in [-0.2, 0) is 19.2 Å². The van der Waals surface area contributed by atoms with Crippen molar-refractivity contribution in [3.63, 3.8) is 0 Å². The second-order valence-electron chi connectivity index (χ2n) is 16.7. The van der Waals surface area contributed by atoms with Crippen LogP contribution in [0.1, 0.15) is 120 Å². The Labute approximate surface area is 274 Å². The van der Waals surface area contributed by atoms with Crippen LogP contribution in [0, 0.1) is 22.7 Å². The Morgan fingerprint density at radius 3 is 2.07 bits per heavy atom. The van der Waals surface area contributed by atoms with Crippen molar-refractivity contribution in [3.05, 3.63) is 0 Å². The fourth-order valence-electron chi connectivity index (χ4n) is 6.43. The predicted molar refractivity (Wildman–Crippen MR) is 179 cm³/mol. The van der Waals surface area contributed by atoms with Gasteiger partial charge in [-0.05, 0) is 48.3 Å². The summed E-state index contributed by atoms with van der Waals surface area (Å²) in [6.07, 6.45) is 7.64. The number of urea groups is 1. The van der Waals surface area contributed by atoms with Gasteiger partial charge in [0.25, 0.3) is 5.91 Å². The zero-order chi connectivity index (χ0) is 34.0. The van der Waals surface area contributed by atoms with Crippen LogP contribution < -0.4 is 21.7 Å². The maximum absolute atomic E-state index is 14.5. The SMILES string of the molecule is CC1CN(C(=O)[C@@H](NC(=O)NC2(CSC(C)(C)C)CCCCC2)C(C)(C)C)[C@H](C(=O)NC(CC2CC2)C(=O)C(N)=O)CC1(C)C. The van der Waals surface area contributed by atoms with Crippen LogP contribution in [0.5, 0.6) is 0 Å². The highest BCUT2D eigenvalue weighted by Crippen LogP contribution is 2.40. The van der Waals surface area contributed by atoms with Gasteiger partial charge in [0.1, 0.15) is 12.1 Å². The lowest BCUT2D eigenvalue weighted by Gasteiger charge is -2.49. The Hall–Kier alpha value is -2.30. The Kier molecular flexibility index (Phi) is 11.7. The fraction of sp³-hybridized carbons (Fsp3) is 0.853. The first-order valence-electron chi connectivity index (χ1n) is 16.8. The quantitative estimate of drug-likeness (QED) is 0.242. The third-order valence-electron chi connectivity index (χ3n) is 9.99. The average molecular weight is 650 g/mol. The van der Waals surface area contributed by atoms with Crippen LogP contribution in [0.25, 0.3) is 0 Å². The van der Waals surface area contributed by atoms with Crippen LogP contribution >= 0.6 is 11.8 Å². The van der Waals surface area contributed by atoms with E-state index in [1.807, 2.05) is 32.5 Å². The summed E-state index contributed by atoms with van der Waals surface area (Å²) in [5, 5.41) is 9.12. The van der Waals surface area contributed by atoms with Gasteiger partial charge in [-0.25, -0.2) is 4.79 Å². The van der Waals surface area contributed by atoms with Crippen LogP contribution in [-0.4, -0.2) is 75.1 Å². The van der Waals surface area contributed by atoms with Gasteiger partial charge < -0.3 is 26.6 Å². The van der Waals surface area contributed by atoms with Gasteiger partial charge in [-0.2, -0.15) is 11.8 Å². The lowest BCUT2D eigenvalue weighted by atomic mass is 9.71. The molecular weight excluding hydrogens is 590 g/mol. The first-order valence-corrected chi connectivity index (χ1v) is 17.8. The summed E-state index contributed by atoms with van der Waals surface area (Å²) < 4.78 is 0.0561. The highest BCUT2D eigenvalue weighted by molar-refractivity contribution is 8.00. The molecule has 2 saturated carbocycles. The number of hydrogen-bond donors (Lipinski definition) is 4. The molecule has 0 bridgehead atoms. The number of likely N-dealkylation sites (tertiary alicyclic amines) is 1. The Balaban J connectivity index is 1.85. The molecule has 1 saturated heterocycles. The maximum Gasteiger partial charge on any atom is 0.315 e. The standard InChI is InChI=1S/C34H59N5O5S/c1-21-19-39(24(18-33(21,8)9)28(42)36-23(17-22-13-14-22)25(40)27(35)41)29(43)26(31(2,3)4)37-30(44)38-34(15-11-10-12-16-34)20-45-32(5,6)7/h21-24,26H,10-20H2,1-9H3,(H2,35,41)(H,36,42)(H2,37,38,44)/t21?,23?,24-,26+/m0/s1. The fourth-order valence-corrected chi connectivity index (χ4v) is 7.50. The summed E-state index contributed by atoms with van der Waals surface area (Å²) in [4.78, 5) is 68.1. The summed E-state index contributed by atoms with van der Waals surface area (Å²) in [7, 11) is 0. The van der Waals surface area contributed by atoms with Gasteiger partial charge >= 0.3 is 6.03 Å². The van der Waals surface area contributed by atoms with E-state index in [0.717, 1.165) is 50.7 Å². The zero-order valence-corrected chi connectivity index (χ0v) is 30.0. The Morgan fingerprint density at radius 2 is 1.56 bits per heavy atom. The molecule has 0 radical (unpaired) electrons.